The number of anilines is 1. The zero-order chi connectivity index (χ0) is 22.2. The van der Waals surface area contributed by atoms with E-state index in [1.807, 2.05) is 65.1 Å². The minimum Gasteiger partial charge on any atom is -0.457 e. The number of ether oxygens (including phenoxy) is 2. The third-order valence-electron chi connectivity index (χ3n) is 6.75. The molecular weight excluding hydrogens is 414 g/mol. The van der Waals surface area contributed by atoms with Gasteiger partial charge in [0, 0.05) is 17.7 Å². The molecular formula is C26H27N5O2. The van der Waals surface area contributed by atoms with E-state index in [1.54, 1.807) is 6.20 Å². The molecule has 2 aromatic carbocycles. The van der Waals surface area contributed by atoms with Crippen LogP contribution < -0.4 is 10.5 Å². The molecule has 168 valence electrons. The van der Waals surface area contributed by atoms with E-state index in [-0.39, 0.29) is 0 Å². The molecule has 7 nitrogen and oxygen atoms in total. The number of benzene rings is 2. The van der Waals surface area contributed by atoms with Gasteiger partial charge in [-0.1, -0.05) is 18.2 Å². The lowest BCUT2D eigenvalue weighted by molar-refractivity contribution is -0.0713. The third kappa shape index (κ3) is 3.83. The summed E-state index contributed by atoms with van der Waals surface area (Å²) in [6.07, 6.45) is 3.96. The molecule has 4 heterocycles. The number of nitrogen functional groups attached to an aromatic ring is 1. The number of rotatable bonds is 5. The molecule has 0 spiro atoms. The third-order valence-corrected chi connectivity index (χ3v) is 6.75. The predicted molar refractivity (Wildman–Crippen MR) is 128 cm³/mol. The number of fused-ring (bicyclic) bond motifs is 1. The smallest absolute Gasteiger partial charge is 0.206 e. The summed E-state index contributed by atoms with van der Waals surface area (Å²) in [5.74, 6) is 3.28. The molecule has 0 atom stereocenters. The van der Waals surface area contributed by atoms with Crippen LogP contribution in [0.4, 0.5) is 5.95 Å². The molecule has 6 rings (SSSR count). The van der Waals surface area contributed by atoms with Gasteiger partial charge in [0.2, 0.25) is 5.95 Å². The first-order valence-electron chi connectivity index (χ1n) is 11.5. The van der Waals surface area contributed by atoms with E-state index in [1.165, 1.54) is 0 Å². The number of imidazole rings is 1. The number of nitrogens with two attached hydrogens (primary N) is 1. The van der Waals surface area contributed by atoms with E-state index < -0.39 is 0 Å². The van der Waals surface area contributed by atoms with Crippen LogP contribution in [0.25, 0.3) is 16.9 Å². The highest BCUT2D eigenvalue weighted by Crippen LogP contribution is 2.35. The second kappa shape index (κ2) is 8.50. The van der Waals surface area contributed by atoms with E-state index in [0.717, 1.165) is 73.2 Å². The summed E-state index contributed by atoms with van der Waals surface area (Å²) in [6, 6.07) is 20.4. The van der Waals surface area contributed by atoms with E-state index in [0.29, 0.717) is 17.9 Å². The van der Waals surface area contributed by atoms with Crippen LogP contribution in [0.15, 0.2) is 66.9 Å². The first-order chi connectivity index (χ1) is 16.3. The van der Waals surface area contributed by atoms with E-state index in [4.69, 9.17) is 20.2 Å². The van der Waals surface area contributed by atoms with Gasteiger partial charge in [-0.25, -0.2) is 9.97 Å². The fourth-order valence-corrected chi connectivity index (χ4v) is 4.85. The van der Waals surface area contributed by atoms with Crippen LogP contribution in [-0.4, -0.2) is 51.6 Å². The average molecular weight is 442 g/mol. The van der Waals surface area contributed by atoms with Crippen molar-refractivity contribution in [3.63, 3.8) is 0 Å². The molecule has 4 aromatic rings. The molecule has 0 unspecified atom stereocenters. The van der Waals surface area contributed by atoms with E-state index in [9.17, 15) is 0 Å². The van der Waals surface area contributed by atoms with E-state index >= 15 is 0 Å². The molecule has 2 fully saturated rings. The number of nitrogens with zero attached hydrogens (tertiary/aromatic N) is 4. The van der Waals surface area contributed by atoms with Gasteiger partial charge in [0.05, 0.1) is 30.5 Å². The molecule has 0 aliphatic carbocycles. The average Bonchev–Trinajstić information content (AvgIpc) is 3.21. The molecule has 2 N–H and O–H groups in total. The monoisotopic (exact) mass is 441 g/mol. The quantitative estimate of drug-likeness (QED) is 0.496. The lowest BCUT2D eigenvalue weighted by atomic mass is 9.92. The van der Waals surface area contributed by atoms with Crippen molar-refractivity contribution in [2.24, 2.45) is 0 Å². The topological polar surface area (TPSA) is 77.9 Å². The van der Waals surface area contributed by atoms with Gasteiger partial charge >= 0.3 is 0 Å². The second-order valence-electron chi connectivity index (χ2n) is 8.79. The highest BCUT2D eigenvalue weighted by Gasteiger charge is 2.32. The van der Waals surface area contributed by atoms with Crippen LogP contribution in [0, 0.1) is 0 Å². The number of para-hydroxylation sites is 1. The van der Waals surface area contributed by atoms with E-state index in [2.05, 4.69) is 9.88 Å². The van der Waals surface area contributed by atoms with Crippen LogP contribution >= 0.6 is 0 Å². The van der Waals surface area contributed by atoms with Crippen molar-refractivity contribution >= 4 is 11.5 Å². The minimum atomic E-state index is 0.411. The Morgan fingerprint density at radius 3 is 2.33 bits per heavy atom. The van der Waals surface area contributed by atoms with Crippen molar-refractivity contribution in [2.75, 3.05) is 32.0 Å². The van der Waals surface area contributed by atoms with Gasteiger partial charge in [-0.3, -0.25) is 9.30 Å². The molecule has 7 heteroatoms. The summed E-state index contributed by atoms with van der Waals surface area (Å²) < 4.78 is 13.3. The maximum Gasteiger partial charge on any atom is 0.206 e. The van der Waals surface area contributed by atoms with Crippen LogP contribution in [0.1, 0.15) is 24.5 Å². The summed E-state index contributed by atoms with van der Waals surface area (Å²) in [6.45, 7) is 3.90. The first-order valence-corrected chi connectivity index (χ1v) is 11.5. The van der Waals surface area contributed by atoms with Gasteiger partial charge < -0.3 is 15.2 Å². The zero-order valence-electron chi connectivity index (χ0n) is 18.4. The lowest BCUT2D eigenvalue weighted by Crippen LogP contribution is -2.51. The van der Waals surface area contributed by atoms with Gasteiger partial charge in [0.1, 0.15) is 17.3 Å². The Balaban J connectivity index is 1.29. The fraction of sp³-hybridized carbons (Fsp3) is 0.308. The van der Waals surface area contributed by atoms with Crippen LogP contribution in [0.3, 0.4) is 0 Å². The van der Waals surface area contributed by atoms with Crippen LogP contribution in [0.2, 0.25) is 0 Å². The van der Waals surface area contributed by atoms with Crippen molar-refractivity contribution in [3.8, 4) is 22.9 Å². The standard InChI is InChI=1S/C26H27N5O2/c27-26-28-13-10-23-24(18-11-14-30(15-12-18)20-16-32-17-20)29-25(31(23)26)19-6-8-22(9-7-19)33-21-4-2-1-3-5-21/h1-10,13,18,20H,11-12,14-17H2,(H2,27,28). The van der Waals surface area contributed by atoms with Gasteiger partial charge in [0.15, 0.2) is 0 Å². The number of piperidine rings is 1. The summed E-state index contributed by atoms with van der Waals surface area (Å²) in [7, 11) is 0. The molecule has 2 aliphatic rings. The highest BCUT2D eigenvalue weighted by molar-refractivity contribution is 5.69. The number of hydrogen-bond donors (Lipinski definition) is 1. The Bertz CT molecular complexity index is 1240. The molecule has 0 saturated carbocycles. The van der Waals surface area contributed by atoms with Gasteiger partial charge in [-0.05, 0) is 68.4 Å². The Labute approximate surface area is 192 Å². The minimum absolute atomic E-state index is 0.411. The number of likely N-dealkylation sites (tertiary alicyclic amines) is 1. The Morgan fingerprint density at radius 1 is 0.909 bits per heavy atom. The SMILES string of the molecule is Nc1nccc2c(C3CCN(C4COC4)CC3)nc(-c3ccc(Oc4ccccc4)cc3)n12. The van der Waals surface area contributed by atoms with Gasteiger partial charge in [-0.15, -0.1) is 0 Å². The number of aromatic nitrogens is 3. The summed E-state index contributed by atoms with van der Waals surface area (Å²) in [5, 5.41) is 0. The maximum absolute atomic E-state index is 6.32. The number of hydrogen-bond acceptors (Lipinski definition) is 6. The molecule has 0 radical (unpaired) electrons. The lowest BCUT2D eigenvalue weighted by Gasteiger charge is -2.41. The van der Waals surface area contributed by atoms with Gasteiger partial charge in [-0.2, -0.15) is 0 Å². The fourth-order valence-electron chi connectivity index (χ4n) is 4.85. The van der Waals surface area contributed by atoms with Gasteiger partial charge in [0.25, 0.3) is 0 Å². The summed E-state index contributed by atoms with van der Waals surface area (Å²) in [4.78, 5) is 12.0. The summed E-state index contributed by atoms with van der Waals surface area (Å²) >= 11 is 0. The largest absolute Gasteiger partial charge is 0.457 e. The predicted octanol–water partition coefficient (Wildman–Crippen LogP) is 4.35. The maximum atomic E-state index is 6.32. The van der Waals surface area contributed by atoms with Crippen molar-refractivity contribution in [1.82, 2.24) is 19.3 Å². The van der Waals surface area contributed by atoms with Crippen LogP contribution in [0.5, 0.6) is 11.5 Å². The van der Waals surface area contributed by atoms with Crippen molar-refractivity contribution < 1.29 is 9.47 Å². The molecule has 2 aliphatic heterocycles. The Hall–Kier alpha value is -3.42. The zero-order valence-corrected chi connectivity index (χ0v) is 18.4. The van der Waals surface area contributed by atoms with Crippen molar-refractivity contribution in [1.29, 1.82) is 0 Å². The molecule has 2 saturated heterocycles. The molecule has 0 bridgehead atoms. The van der Waals surface area contributed by atoms with Crippen molar-refractivity contribution in [3.05, 3.63) is 72.6 Å². The molecule has 2 aromatic heterocycles. The normalized spacial score (nSPS) is 17.8. The summed E-state index contributed by atoms with van der Waals surface area (Å²) in [5.41, 5.74) is 9.48. The highest BCUT2D eigenvalue weighted by atomic mass is 16.5. The first kappa shape index (κ1) is 20.2. The molecule has 33 heavy (non-hydrogen) atoms. The van der Waals surface area contributed by atoms with Crippen molar-refractivity contribution in [2.45, 2.75) is 24.8 Å². The van der Waals surface area contributed by atoms with Crippen LogP contribution in [-0.2, 0) is 4.74 Å². The second-order valence-corrected chi connectivity index (χ2v) is 8.79. The Morgan fingerprint density at radius 2 is 1.64 bits per heavy atom. The Kier molecular flexibility index (Phi) is 5.20. The molecule has 0 amide bonds.